The van der Waals surface area contributed by atoms with Gasteiger partial charge in [-0.2, -0.15) is 0 Å². The molecule has 2 nitrogen and oxygen atoms in total. The lowest BCUT2D eigenvalue weighted by molar-refractivity contribution is 0.628. The van der Waals surface area contributed by atoms with Crippen molar-refractivity contribution in [2.24, 2.45) is 0 Å². The number of thiocarbonyl (C=S) groups is 1. The van der Waals surface area contributed by atoms with Gasteiger partial charge in [0, 0.05) is 11.4 Å². The van der Waals surface area contributed by atoms with Gasteiger partial charge in [0.15, 0.2) is 5.11 Å². The Labute approximate surface area is 111 Å². The van der Waals surface area contributed by atoms with Gasteiger partial charge in [-0.05, 0) is 49.0 Å². The minimum Gasteiger partial charge on any atom is -0.332 e. The number of hydrogen-bond acceptors (Lipinski definition) is 1. The summed E-state index contributed by atoms with van der Waals surface area (Å²) in [5.74, 6) is -0.293. The maximum atomic E-state index is 13.0. The SMILES string of the molecule is Cc1ccccc1NC(=S)Nc1cccc(F)c1. The first kappa shape index (κ1) is 12.5. The number of rotatable bonds is 2. The van der Waals surface area contributed by atoms with E-state index in [0.717, 1.165) is 11.3 Å². The minimum atomic E-state index is -0.293. The van der Waals surface area contributed by atoms with Crippen molar-refractivity contribution in [3.63, 3.8) is 0 Å². The molecule has 0 amide bonds. The van der Waals surface area contributed by atoms with Crippen LogP contribution < -0.4 is 10.6 Å². The second-order valence-electron chi connectivity index (χ2n) is 3.90. The zero-order valence-electron chi connectivity index (χ0n) is 9.91. The summed E-state index contributed by atoms with van der Waals surface area (Å²) < 4.78 is 13.0. The normalized spacial score (nSPS) is 9.89. The van der Waals surface area contributed by atoms with Gasteiger partial charge in [-0.3, -0.25) is 0 Å². The van der Waals surface area contributed by atoms with Gasteiger partial charge in [-0.1, -0.05) is 24.3 Å². The molecule has 0 heterocycles. The Balaban J connectivity index is 2.03. The molecule has 0 aliphatic heterocycles. The number of hydrogen-bond donors (Lipinski definition) is 2. The largest absolute Gasteiger partial charge is 0.332 e. The molecule has 2 rings (SSSR count). The standard InChI is InChI=1S/C14H13FN2S/c1-10-5-2-3-8-13(10)17-14(18)16-12-7-4-6-11(15)9-12/h2-9H,1H3,(H2,16,17,18). The van der Waals surface area contributed by atoms with Crippen LogP contribution in [0, 0.1) is 12.7 Å². The highest BCUT2D eigenvalue weighted by Gasteiger charge is 2.01. The third-order valence-electron chi connectivity index (χ3n) is 2.48. The van der Waals surface area contributed by atoms with Crippen LogP contribution in [0.5, 0.6) is 0 Å². The summed E-state index contributed by atoms with van der Waals surface area (Å²) in [6.45, 7) is 1.99. The quantitative estimate of drug-likeness (QED) is 0.800. The Kier molecular flexibility index (Phi) is 3.89. The van der Waals surface area contributed by atoms with Crippen molar-refractivity contribution >= 4 is 28.7 Å². The molecule has 0 aliphatic carbocycles. The molecule has 0 atom stereocenters. The van der Waals surface area contributed by atoms with E-state index in [-0.39, 0.29) is 5.82 Å². The number of halogens is 1. The first-order chi connectivity index (χ1) is 8.65. The second kappa shape index (κ2) is 5.60. The lowest BCUT2D eigenvalue weighted by atomic mass is 10.2. The zero-order chi connectivity index (χ0) is 13.0. The first-order valence-electron chi connectivity index (χ1n) is 5.54. The molecule has 2 aromatic rings. The Hall–Kier alpha value is -1.94. The van der Waals surface area contributed by atoms with Crippen LogP contribution >= 0.6 is 12.2 Å². The Morgan fingerprint density at radius 2 is 1.83 bits per heavy atom. The van der Waals surface area contributed by atoms with E-state index in [1.165, 1.54) is 12.1 Å². The van der Waals surface area contributed by atoms with Crippen LogP contribution in [0.15, 0.2) is 48.5 Å². The molecule has 92 valence electrons. The van der Waals surface area contributed by atoms with Gasteiger partial charge >= 0.3 is 0 Å². The molecule has 2 aromatic carbocycles. The number of para-hydroxylation sites is 1. The Morgan fingerprint density at radius 1 is 1.06 bits per heavy atom. The molecule has 0 fully saturated rings. The molecule has 0 spiro atoms. The molecular weight excluding hydrogens is 247 g/mol. The van der Waals surface area contributed by atoms with E-state index in [1.54, 1.807) is 12.1 Å². The predicted octanol–water partition coefficient (Wildman–Crippen LogP) is 3.94. The van der Waals surface area contributed by atoms with Gasteiger partial charge in [-0.25, -0.2) is 4.39 Å². The van der Waals surface area contributed by atoms with E-state index < -0.39 is 0 Å². The van der Waals surface area contributed by atoms with E-state index in [4.69, 9.17) is 12.2 Å². The molecule has 0 bridgehead atoms. The number of nitrogens with one attached hydrogen (secondary N) is 2. The van der Waals surface area contributed by atoms with Crippen molar-refractivity contribution in [2.45, 2.75) is 6.92 Å². The Bertz CT molecular complexity index is 569. The molecule has 0 aliphatic rings. The van der Waals surface area contributed by atoms with Crippen LogP contribution in [0.4, 0.5) is 15.8 Å². The maximum absolute atomic E-state index is 13.0. The zero-order valence-corrected chi connectivity index (χ0v) is 10.7. The average molecular weight is 260 g/mol. The van der Waals surface area contributed by atoms with Crippen molar-refractivity contribution in [1.82, 2.24) is 0 Å². The number of anilines is 2. The van der Waals surface area contributed by atoms with Crippen LogP contribution in [-0.4, -0.2) is 5.11 Å². The second-order valence-corrected chi connectivity index (χ2v) is 4.31. The summed E-state index contributed by atoms with van der Waals surface area (Å²) in [4.78, 5) is 0. The molecule has 2 N–H and O–H groups in total. The topological polar surface area (TPSA) is 24.1 Å². The molecule has 18 heavy (non-hydrogen) atoms. The van der Waals surface area contributed by atoms with E-state index >= 15 is 0 Å². The molecule has 0 radical (unpaired) electrons. The first-order valence-corrected chi connectivity index (χ1v) is 5.95. The van der Waals surface area contributed by atoms with Gasteiger partial charge in [0.05, 0.1) is 0 Å². The molecule has 0 aromatic heterocycles. The smallest absolute Gasteiger partial charge is 0.175 e. The molecular formula is C14H13FN2S. The fourth-order valence-electron chi connectivity index (χ4n) is 1.56. The van der Waals surface area contributed by atoms with Gasteiger partial charge in [0.2, 0.25) is 0 Å². The van der Waals surface area contributed by atoms with Crippen LogP contribution in [0.1, 0.15) is 5.56 Å². The monoisotopic (exact) mass is 260 g/mol. The highest BCUT2D eigenvalue weighted by molar-refractivity contribution is 7.80. The molecule has 0 saturated carbocycles. The minimum absolute atomic E-state index is 0.293. The summed E-state index contributed by atoms with van der Waals surface area (Å²) >= 11 is 5.18. The van der Waals surface area contributed by atoms with Gasteiger partial charge in [-0.15, -0.1) is 0 Å². The summed E-state index contributed by atoms with van der Waals surface area (Å²) in [7, 11) is 0. The maximum Gasteiger partial charge on any atom is 0.175 e. The fraction of sp³-hybridized carbons (Fsp3) is 0.0714. The van der Waals surface area contributed by atoms with Crippen molar-refractivity contribution < 1.29 is 4.39 Å². The summed E-state index contributed by atoms with van der Waals surface area (Å²) in [6, 6.07) is 14.0. The lowest BCUT2D eigenvalue weighted by Crippen LogP contribution is -2.19. The van der Waals surface area contributed by atoms with Gasteiger partial charge < -0.3 is 10.6 Å². The number of aryl methyl sites for hydroxylation is 1. The molecule has 0 unspecified atom stereocenters. The van der Waals surface area contributed by atoms with E-state index in [2.05, 4.69) is 10.6 Å². The van der Waals surface area contributed by atoms with Crippen LogP contribution in [0.2, 0.25) is 0 Å². The van der Waals surface area contributed by atoms with Crippen LogP contribution in [-0.2, 0) is 0 Å². The summed E-state index contributed by atoms with van der Waals surface area (Å²) in [6.07, 6.45) is 0. The fourth-order valence-corrected chi connectivity index (χ4v) is 1.79. The van der Waals surface area contributed by atoms with Crippen molar-refractivity contribution in [1.29, 1.82) is 0 Å². The highest BCUT2D eigenvalue weighted by atomic mass is 32.1. The van der Waals surface area contributed by atoms with Crippen molar-refractivity contribution in [3.8, 4) is 0 Å². The third-order valence-corrected chi connectivity index (χ3v) is 2.68. The third kappa shape index (κ3) is 3.28. The summed E-state index contributed by atoms with van der Waals surface area (Å²) in [5.41, 5.74) is 2.66. The molecule has 0 saturated heterocycles. The van der Waals surface area contributed by atoms with Gasteiger partial charge in [0.1, 0.15) is 5.82 Å². The van der Waals surface area contributed by atoms with E-state index in [1.807, 2.05) is 31.2 Å². The summed E-state index contributed by atoms with van der Waals surface area (Å²) in [5, 5.41) is 6.45. The van der Waals surface area contributed by atoms with E-state index in [9.17, 15) is 4.39 Å². The van der Waals surface area contributed by atoms with Crippen molar-refractivity contribution in [2.75, 3.05) is 10.6 Å². The van der Waals surface area contributed by atoms with Crippen LogP contribution in [0.3, 0.4) is 0 Å². The predicted molar refractivity (Wildman–Crippen MR) is 77.4 cm³/mol. The number of benzene rings is 2. The molecule has 4 heteroatoms. The van der Waals surface area contributed by atoms with Crippen molar-refractivity contribution in [3.05, 3.63) is 59.9 Å². The highest BCUT2D eigenvalue weighted by Crippen LogP contribution is 2.14. The lowest BCUT2D eigenvalue weighted by Gasteiger charge is -2.12. The average Bonchev–Trinajstić information content (AvgIpc) is 2.32. The van der Waals surface area contributed by atoms with E-state index in [0.29, 0.717) is 10.8 Å². The van der Waals surface area contributed by atoms with Gasteiger partial charge in [0.25, 0.3) is 0 Å². The van der Waals surface area contributed by atoms with Crippen LogP contribution in [0.25, 0.3) is 0 Å². The Morgan fingerprint density at radius 3 is 2.56 bits per heavy atom.